The topological polar surface area (TPSA) is 80.5 Å². The van der Waals surface area contributed by atoms with Crippen LogP contribution in [0.3, 0.4) is 0 Å². The van der Waals surface area contributed by atoms with E-state index in [-0.39, 0.29) is 5.91 Å². The van der Waals surface area contributed by atoms with Crippen LogP contribution in [0.5, 0.6) is 0 Å². The number of nitrogens with zero attached hydrogens (tertiary/aromatic N) is 2. The molecule has 1 amide bonds. The molecular formula is C13H22N4O2S. The van der Waals surface area contributed by atoms with Crippen LogP contribution in [0.1, 0.15) is 35.4 Å². The summed E-state index contributed by atoms with van der Waals surface area (Å²) in [5.74, 6) is 0.288. The van der Waals surface area contributed by atoms with E-state index in [2.05, 4.69) is 10.3 Å². The van der Waals surface area contributed by atoms with Gasteiger partial charge < -0.3 is 20.7 Å². The lowest BCUT2D eigenvalue weighted by Crippen LogP contribution is -2.35. The second kappa shape index (κ2) is 6.90. The fourth-order valence-corrected chi connectivity index (χ4v) is 3.33. The van der Waals surface area contributed by atoms with Crippen molar-refractivity contribution in [1.29, 1.82) is 0 Å². The van der Waals surface area contributed by atoms with Gasteiger partial charge >= 0.3 is 0 Å². The minimum absolute atomic E-state index is 0.0216. The smallest absolute Gasteiger partial charge is 0.267 e. The molecule has 0 saturated heterocycles. The zero-order valence-electron chi connectivity index (χ0n) is 12.0. The number of nitrogens with one attached hydrogen (secondary N) is 1. The van der Waals surface area contributed by atoms with Crippen molar-refractivity contribution in [2.45, 2.75) is 31.7 Å². The Morgan fingerprint density at radius 1 is 1.55 bits per heavy atom. The van der Waals surface area contributed by atoms with Crippen molar-refractivity contribution >= 4 is 28.2 Å². The first-order valence-electron chi connectivity index (χ1n) is 6.89. The molecule has 0 aliphatic heterocycles. The Bertz CT molecular complexity index is 457. The summed E-state index contributed by atoms with van der Waals surface area (Å²) in [4.78, 5) is 19.0. The molecule has 112 valence electrons. The van der Waals surface area contributed by atoms with Crippen LogP contribution in [0.2, 0.25) is 0 Å². The highest BCUT2D eigenvalue weighted by molar-refractivity contribution is 7.18. The van der Waals surface area contributed by atoms with Crippen LogP contribution in [0.4, 0.5) is 10.9 Å². The van der Waals surface area contributed by atoms with E-state index < -0.39 is 0 Å². The summed E-state index contributed by atoms with van der Waals surface area (Å²) in [5, 5.41) is 3.77. The van der Waals surface area contributed by atoms with E-state index >= 15 is 0 Å². The van der Waals surface area contributed by atoms with Crippen molar-refractivity contribution in [2.24, 2.45) is 0 Å². The van der Waals surface area contributed by atoms with Crippen molar-refractivity contribution in [1.82, 2.24) is 9.88 Å². The van der Waals surface area contributed by atoms with Gasteiger partial charge in [-0.3, -0.25) is 4.79 Å². The van der Waals surface area contributed by atoms with Crippen LogP contribution in [-0.2, 0) is 4.74 Å². The summed E-state index contributed by atoms with van der Waals surface area (Å²) >= 11 is 1.31. The molecule has 1 aliphatic carbocycles. The van der Waals surface area contributed by atoms with Crippen LogP contribution >= 0.6 is 11.3 Å². The summed E-state index contributed by atoms with van der Waals surface area (Å²) in [7, 11) is 3.50. The van der Waals surface area contributed by atoms with Crippen molar-refractivity contribution in [3.05, 3.63) is 4.88 Å². The van der Waals surface area contributed by atoms with Gasteiger partial charge in [-0.05, 0) is 12.8 Å². The van der Waals surface area contributed by atoms with Gasteiger partial charge in [-0.15, -0.1) is 0 Å². The summed E-state index contributed by atoms with van der Waals surface area (Å²) in [5.41, 5.74) is 5.86. The minimum Gasteiger partial charge on any atom is -0.383 e. The fourth-order valence-electron chi connectivity index (χ4n) is 2.44. The van der Waals surface area contributed by atoms with Crippen molar-refractivity contribution in [3.63, 3.8) is 0 Å². The summed E-state index contributed by atoms with van der Waals surface area (Å²) in [6, 6.07) is 0.342. The number of aromatic nitrogens is 1. The van der Waals surface area contributed by atoms with Crippen molar-refractivity contribution < 1.29 is 9.53 Å². The number of thiazole rings is 1. The predicted molar refractivity (Wildman–Crippen MR) is 81.2 cm³/mol. The number of carbonyl (C=O) groups excluding carboxylic acids is 1. The molecule has 1 aromatic heterocycles. The summed E-state index contributed by atoms with van der Waals surface area (Å²) in [6.07, 6.45) is 4.56. The number of nitrogen functional groups attached to an aromatic ring is 1. The number of anilines is 2. The van der Waals surface area contributed by atoms with Gasteiger partial charge in [0.1, 0.15) is 10.7 Å². The third kappa shape index (κ3) is 3.40. The van der Waals surface area contributed by atoms with E-state index in [9.17, 15) is 4.79 Å². The molecule has 0 aromatic carbocycles. The van der Waals surface area contributed by atoms with E-state index in [1.807, 2.05) is 11.9 Å². The third-order valence-corrected chi connectivity index (χ3v) is 4.64. The molecule has 1 aliphatic rings. The maximum Gasteiger partial charge on any atom is 0.267 e. The second-order valence-corrected chi connectivity index (χ2v) is 6.01. The first-order chi connectivity index (χ1) is 9.63. The average Bonchev–Trinajstić information content (AvgIpc) is 3.07. The number of amides is 1. The molecule has 1 fully saturated rings. The molecule has 3 N–H and O–H groups in total. The number of carbonyl (C=O) groups is 1. The standard InChI is InChI=1S/C13H22N4O2S/c1-17(9-5-3-4-6-9)12(18)10-11(14)16-13(20-10)15-7-8-19-2/h9H,3-8,14H2,1-2H3,(H,15,16). The second-order valence-electron chi connectivity index (χ2n) is 5.01. The Hall–Kier alpha value is -1.34. The quantitative estimate of drug-likeness (QED) is 0.783. The van der Waals surface area contributed by atoms with Gasteiger partial charge in [0.05, 0.1) is 6.61 Å². The number of nitrogens with two attached hydrogens (primary N) is 1. The number of hydrogen-bond donors (Lipinski definition) is 2. The van der Waals surface area contributed by atoms with Gasteiger partial charge in [-0.1, -0.05) is 24.2 Å². The molecule has 0 bridgehead atoms. The Kier molecular flexibility index (Phi) is 5.19. The zero-order chi connectivity index (χ0) is 14.5. The molecular weight excluding hydrogens is 276 g/mol. The molecule has 6 nitrogen and oxygen atoms in total. The van der Waals surface area contributed by atoms with Crippen molar-refractivity contribution in [2.75, 3.05) is 38.4 Å². The number of ether oxygens (including phenoxy) is 1. The van der Waals surface area contributed by atoms with Gasteiger partial charge in [-0.2, -0.15) is 0 Å². The maximum atomic E-state index is 12.5. The Balaban J connectivity index is 2.01. The normalized spacial score (nSPS) is 15.5. The van der Waals surface area contributed by atoms with E-state index in [4.69, 9.17) is 10.5 Å². The van der Waals surface area contributed by atoms with Crippen LogP contribution in [0.15, 0.2) is 0 Å². The van der Waals surface area contributed by atoms with E-state index in [0.717, 1.165) is 12.8 Å². The average molecular weight is 298 g/mol. The Morgan fingerprint density at radius 2 is 2.25 bits per heavy atom. The van der Waals surface area contributed by atoms with Crippen molar-refractivity contribution in [3.8, 4) is 0 Å². The molecule has 1 heterocycles. The predicted octanol–water partition coefficient (Wildman–Crippen LogP) is 1.80. The summed E-state index contributed by atoms with van der Waals surface area (Å²) < 4.78 is 4.96. The molecule has 0 radical (unpaired) electrons. The minimum atomic E-state index is -0.0216. The van der Waals surface area contributed by atoms with E-state index in [1.165, 1.54) is 24.2 Å². The lowest BCUT2D eigenvalue weighted by molar-refractivity contribution is 0.0741. The molecule has 0 atom stereocenters. The highest BCUT2D eigenvalue weighted by atomic mass is 32.1. The fraction of sp³-hybridized carbons (Fsp3) is 0.692. The molecule has 0 unspecified atom stereocenters. The lowest BCUT2D eigenvalue weighted by atomic mass is 10.2. The first kappa shape index (κ1) is 15.1. The Labute approximate surface area is 123 Å². The SMILES string of the molecule is COCCNc1nc(N)c(C(=O)N(C)C2CCCC2)s1. The lowest BCUT2D eigenvalue weighted by Gasteiger charge is -2.23. The molecule has 0 spiro atoms. The van der Waals surface area contributed by atoms with Gasteiger partial charge in [0.2, 0.25) is 0 Å². The number of hydrogen-bond acceptors (Lipinski definition) is 6. The van der Waals surface area contributed by atoms with Gasteiger partial charge in [0, 0.05) is 26.7 Å². The van der Waals surface area contributed by atoms with Crippen LogP contribution < -0.4 is 11.1 Å². The van der Waals surface area contributed by atoms with Gasteiger partial charge in [0.25, 0.3) is 5.91 Å². The molecule has 1 saturated carbocycles. The molecule has 20 heavy (non-hydrogen) atoms. The van der Waals surface area contributed by atoms with Crippen LogP contribution in [0.25, 0.3) is 0 Å². The zero-order valence-corrected chi connectivity index (χ0v) is 12.8. The van der Waals surface area contributed by atoms with Crippen LogP contribution in [0, 0.1) is 0 Å². The number of rotatable bonds is 6. The molecule has 2 rings (SSSR count). The maximum absolute atomic E-state index is 12.5. The van der Waals surface area contributed by atoms with E-state index in [0.29, 0.717) is 35.0 Å². The third-order valence-electron chi connectivity index (χ3n) is 3.62. The Morgan fingerprint density at radius 3 is 2.90 bits per heavy atom. The molecule has 7 heteroatoms. The largest absolute Gasteiger partial charge is 0.383 e. The summed E-state index contributed by atoms with van der Waals surface area (Å²) in [6.45, 7) is 1.24. The van der Waals surface area contributed by atoms with Crippen LogP contribution in [-0.4, -0.2) is 49.1 Å². The monoisotopic (exact) mass is 298 g/mol. The highest BCUT2D eigenvalue weighted by Gasteiger charge is 2.27. The van der Waals surface area contributed by atoms with E-state index in [1.54, 1.807) is 7.11 Å². The van der Waals surface area contributed by atoms with Gasteiger partial charge in [-0.25, -0.2) is 4.98 Å². The highest BCUT2D eigenvalue weighted by Crippen LogP contribution is 2.29. The molecule has 1 aromatic rings. The van der Waals surface area contributed by atoms with Gasteiger partial charge in [0.15, 0.2) is 5.13 Å². The first-order valence-corrected chi connectivity index (χ1v) is 7.71. The number of methoxy groups -OCH3 is 1.